The Morgan fingerprint density at radius 1 is 1.07 bits per heavy atom. The van der Waals surface area contributed by atoms with E-state index < -0.39 is 21.8 Å². The summed E-state index contributed by atoms with van der Waals surface area (Å²) in [5.74, 6) is -1.30. The van der Waals surface area contributed by atoms with Crippen LogP contribution in [0.3, 0.4) is 0 Å². The number of aliphatic hydroxyl groups is 1. The van der Waals surface area contributed by atoms with E-state index >= 15 is 0 Å². The van der Waals surface area contributed by atoms with Crippen molar-refractivity contribution in [3.8, 4) is 0 Å². The van der Waals surface area contributed by atoms with Gasteiger partial charge in [-0.3, -0.25) is 14.5 Å². The summed E-state index contributed by atoms with van der Waals surface area (Å²) >= 11 is 0. The van der Waals surface area contributed by atoms with Gasteiger partial charge in [-0.25, -0.2) is 12.8 Å². The smallest absolute Gasteiger partial charge is 0.256 e. The maximum atomic E-state index is 13.7. The number of nitrogens with one attached hydrogen (secondary N) is 2. The number of nitrogens with zero attached hydrogens (tertiary/aromatic N) is 2. The summed E-state index contributed by atoms with van der Waals surface area (Å²) in [4.78, 5) is 33.9. The van der Waals surface area contributed by atoms with Gasteiger partial charge in [-0.15, -0.1) is 0 Å². The van der Waals surface area contributed by atoms with Crippen LogP contribution in [0.5, 0.6) is 0 Å². The van der Waals surface area contributed by atoms with Gasteiger partial charge in [-0.05, 0) is 67.3 Å². The fourth-order valence-electron chi connectivity index (χ4n) is 6.11. The van der Waals surface area contributed by atoms with Crippen LogP contribution >= 0.6 is 0 Å². The van der Waals surface area contributed by atoms with Gasteiger partial charge in [0.2, 0.25) is 0 Å². The minimum atomic E-state index is -3.79. The molecule has 1 atom stereocenters. The molecule has 44 heavy (non-hydrogen) atoms. The number of H-pyrrole nitrogens is 1. The molecule has 2 amide bonds. The zero-order valence-electron chi connectivity index (χ0n) is 24.4. The third kappa shape index (κ3) is 6.20. The molecule has 3 aliphatic rings. The first-order valence-electron chi connectivity index (χ1n) is 14.7. The van der Waals surface area contributed by atoms with Crippen molar-refractivity contribution < 1.29 is 32.2 Å². The SMILES string of the molecule is Cc1c(C=C2C(=O)Nc3ccc(S(=O)(=O)Cc4ccc(F)cc4)cc32)[nH]c2c1C(=O)N(CC(O)CN1CCOCC1)CCC2. The first-order valence-corrected chi connectivity index (χ1v) is 16.4. The third-order valence-electron chi connectivity index (χ3n) is 8.42. The first kappa shape index (κ1) is 30.2. The van der Waals surface area contributed by atoms with Crippen LogP contribution in [0.25, 0.3) is 11.6 Å². The Morgan fingerprint density at radius 3 is 2.57 bits per heavy atom. The summed E-state index contributed by atoms with van der Waals surface area (Å²) < 4.78 is 45.1. The number of fused-ring (bicyclic) bond motifs is 2. The van der Waals surface area contributed by atoms with E-state index in [9.17, 15) is 27.5 Å². The summed E-state index contributed by atoms with van der Waals surface area (Å²) in [6.45, 7) is 5.82. The van der Waals surface area contributed by atoms with Crippen LogP contribution in [0, 0.1) is 12.7 Å². The van der Waals surface area contributed by atoms with Crippen molar-refractivity contribution in [1.29, 1.82) is 0 Å². The number of aryl methyl sites for hydroxylation is 1. The second-order valence-corrected chi connectivity index (χ2v) is 13.5. The Bertz CT molecular complexity index is 1730. The number of aromatic amines is 1. The zero-order chi connectivity index (χ0) is 31.0. The summed E-state index contributed by atoms with van der Waals surface area (Å²) in [7, 11) is -3.79. The molecule has 0 saturated carbocycles. The summed E-state index contributed by atoms with van der Waals surface area (Å²) in [6, 6.07) is 9.78. The number of sulfone groups is 1. The van der Waals surface area contributed by atoms with Crippen LogP contribution in [0.1, 0.15) is 44.9 Å². The molecule has 232 valence electrons. The van der Waals surface area contributed by atoms with Crippen molar-refractivity contribution in [2.75, 3.05) is 51.3 Å². The summed E-state index contributed by atoms with van der Waals surface area (Å²) in [5.41, 5.74) is 4.27. The lowest BCUT2D eigenvalue weighted by atomic mass is 10.0. The number of ether oxygens (including phenoxy) is 1. The number of β-amino-alcohol motifs (C(OH)–C–C–N with tert-alkyl or cyclic N) is 1. The minimum Gasteiger partial charge on any atom is -0.390 e. The van der Waals surface area contributed by atoms with Crippen molar-refractivity contribution in [2.45, 2.75) is 36.5 Å². The van der Waals surface area contributed by atoms with Gasteiger partial charge in [0.05, 0.1) is 41.1 Å². The monoisotopic (exact) mass is 622 g/mol. The highest BCUT2D eigenvalue weighted by atomic mass is 32.2. The predicted molar refractivity (Wildman–Crippen MR) is 163 cm³/mol. The number of aromatic nitrogens is 1. The van der Waals surface area contributed by atoms with Gasteiger partial charge in [-0.1, -0.05) is 12.1 Å². The second kappa shape index (κ2) is 12.3. The number of halogens is 1. The topological polar surface area (TPSA) is 132 Å². The van der Waals surface area contributed by atoms with Gasteiger partial charge < -0.3 is 25.0 Å². The van der Waals surface area contributed by atoms with E-state index in [0.717, 1.165) is 25.2 Å². The fraction of sp³-hybridized carbons (Fsp3) is 0.375. The molecule has 1 fully saturated rings. The first-order chi connectivity index (χ1) is 21.1. The molecule has 4 heterocycles. The van der Waals surface area contributed by atoms with E-state index in [0.29, 0.717) is 66.4 Å². The Labute approximate surface area is 255 Å². The molecule has 1 aromatic heterocycles. The van der Waals surface area contributed by atoms with Gasteiger partial charge >= 0.3 is 0 Å². The fourth-order valence-corrected chi connectivity index (χ4v) is 7.48. The molecule has 0 radical (unpaired) electrons. The molecule has 6 rings (SSSR count). The molecule has 3 aliphatic heterocycles. The molecular formula is C32H35FN4O6S. The van der Waals surface area contributed by atoms with Gasteiger partial charge in [0, 0.05) is 55.4 Å². The molecule has 0 spiro atoms. The number of rotatable bonds is 8. The number of hydrogen-bond donors (Lipinski definition) is 3. The Kier molecular flexibility index (Phi) is 8.42. The molecule has 3 aromatic rings. The van der Waals surface area contributed by atoms with Crippen LogP contribution in [0.2, 0.25) is 0 Å². The van der Waals surface area contributed by atoms with Crippen molar-refractivity contribution in [3.05, 3.63) is 81.9 Å². The number of aliphatic hydroxyl groups excluding tert-OH is 1. The molecule has 0 bridgehead atoms. The average molecular weight is 623 g/mol. The lowest BCUT2D eigenvalue weighted by Crippen LogP contribution is -2.46. The lowest BCUT2D eigenvalue weighted by Gasteiger charge is -2.31. The largest absolute Gasteiger partial charge is 0.390 e. The average Bonchev–Trinajstić information content (AvgIpc) is 3.42. The number of carbonyl (C=O) groups excluding carboxylic acids is 2. The van der Waals surface area contributed by atoms with Crippen LogP contribution in [0.4, 0.5) is 10.1 Å². The van der Waals surface area contributed by atoms with E-state index in [4.69, 9.17) is 4.74 Å². The summed E-state index contributed by atoms with van der Waals surface area (Å²) in [5, 5.41) is 13.6. The van der Waals surface area contributed by atoms with Crippen molar-refractivity contribution >= 4 is 39.0 Å². The van der Waals surface area contributed by atoms with Gasteiger partial charge in [0.1, 0.15) is 5.82 Å². The van der Waals surface area contributed by atoms with E-state index in [2.05, 4.69) is 15.2 Å². The van der Waals surface area contributed by atoms with Gasteiger partial charge in [0.15, 0.2) is 9.84 Å². The molecule has 1 saturated heterocycles. The number of morpholine rings is 1. The highest BCUT2D eigenvalue weighted by Crippen LogP contribution is 2.36. The number of benzene rings is 2. The molecule has 0 aliphatic carbocycles. The van der Waals surface area contributed by atoms with Gasteiger partial charge in [-0.2, -0.15) is 0 Å². The van der Waals surface area contributed by atoms with Gasteiger partial charge in [0.25, 0.3) is 11.8 Å². The molecule has 10 nitrogen and oxygen atoms in total. The zero-order valence-corrected chi connectivity index (χ0v) is 25.3. The van der Waals surface area contributed by atoms with E-state index in [1.807, 2.05) is 6.92 Å². The number of amides is 2. The van der Waals surface area contributed by atoms with Crippen molar-refractivity contribution in [3.63, 3.8) is 0 Å². The number of hydrogen-bond acceptors (Lipinski definition) is 7. The van der Waals surface area contributed by atoms with E-state index in [1.54, 1.807) is 17.0 Å². The van der Waals surface area contributed by atoms with Crippen LogP contribution in [-0.4, -0.2) is 92.2 Å². The molecule has 3 N–H and O–H groups in total. The summed E-state index contributed by atoms with van der Waals surface area (Å²) in [6.07, 6.45) is 2.33. The molecule has 2 aromatic carbocycles. The Morgan fingerprint density at radius 2 is 1.82 bits per heavy atom. The second-order valence-electron chi connectivity index (χ2n) is 11.5. The molecular weight excluding hydrogens is 587 g/mol. The van der Waals surface area contributed by atoms with E-state index in [1.165, 1.54) is 36.4 Å². The standard InChI is InChI=1S/C32H35FN4O6S/c1-20-29(34-28-3-2-10-37(32(40)30(20)28)18-23(38)17-36-11-13-43-14-12-36)16-26-25-15-24(8-9-27(25)35-31(26)39)44(41,42)19-21-4-6-22(33)7-5-21/h4-9,15-16,23,34,38H,2-3,10-14,17-19H2,1H3,(H,35,39). The predicted octanol–water partition coefficient (Wildman–Crippen LogP) is 3.01. The molecule has 1 unspecified atom stereocenters. The maximum Gasteiger partial charge on any atom is 0.256 e. The van der Waals surface area contributed by atoms with Crippen molar-refractivity contribution in [1.82, 2.24) is 14.8 Å². The Balaban J connectivity index is 1.25. The van der Waals surface area contributed by atoms with Crippen LogP contribution < -0.4 is 5.32 Å². The van der Waals surface area contributed by atoms with Crippen LogP contribution in [0.15, 0.2) is 47.4 Å². The van der Waals surface area contributed by atoms with Crippen LogP contribution in [-0.2, 0) is 31.5 Å². The van der Waals surface area contributed by atoms with Crippen molar-refractivity contribution in [2.24, 2.45) is 0 Å². The maximum absolute atomic E-state index is 13.7. The number of carbonyl (C=O) groups is 2. The third-order valence-corrected chi connectivity index (χ3v) is 10.1. The minimum absolute atomic E-state index is 0.0448. The Hall–Kier alpha value is -3.84. The highest BCUT2D eigenvalue weighted by molar-refractivity contribution is 7.90. The molecule has 12 heteroatoms. The lowest BCUT2D eigenvalue weighted by molar-refractivity contribution is -0.110. The highest BCUT2D eigenvalue weighted by Gasteiger charge is 2.31. The normalized spacial score (nSPS) is 19.1. The van der Waals surface area contributed by atoms with E-state index in [-0.39, 0.29) is 34.6 Å². The number of anilines is 1. The quantitative estimate of drug-likeness (QED) is 0.329.